The van der Waals surface area contributed by atoms with Crippen LogP contribution in [0.3, 0.4) is 0 Å². The van der Waals surface area contributed by atoms with Crippen molar-refractivity contribution in [3.63, 3.8) is 0 Å². The summed E-state index contributed by atoms with van der Waals surface area (Å²) in [6.07, 6.45) is -7.31. The van der Waals surface area contributed by atoms with Gasteiger partial charge in [0.15, 0.2) is 12.1 Å². The van der Waals surface area contributed by atoms with Crippen LogP contribution < -0.4 is 5.32 Å². The van der Waals surface area contributed by atoms with Crippen LogP contribution in [0.15, 0.2) is 40.6 Å². The Hall–Kier alpha value is -2.09. The normalized spacial score (nSPS) is 33.3. The molecule has 3 aliphatic heterocycles. The minimum atomic E-state index is -4.54. The minimum Gasteiger partial charge on any atom is -0.387 e. The van der Waals surface area contributed by atoms with Crippen LogP contribution >= 0.6 is 23.2 Å². The third-order valence-corrected chi connectivity index (χ3v) is 6.16. The monoisotopic (exact) mass is 510 g/mol. The molecule has 3 heterocycles. The SMILES string of the molecule is O[C@@H]1[C@H](O)[C@@H]([C@H](O)c2ccc(Cl)c(Cl)c2)O[C@H]1N1C=CC2C(=NOCC(F)(F)F)N=CNC21. The molecule has 2 unspecified atom stereocenters. The molecule has 33 heavy (non-hydrogen) atoms. The van der Waals surface area contributed by atoms with Gasteiger partial charge in [0.05, 0.1) is 22.3 Å². The Morgan fingerprint density at radius 3 is 2.70 bits per heavy atom. The minimum absolute atomic E-state index is 0.0119. The second kappa shape index (κ2) is 9.28. The van der Waals surface area contributed by atoms with E-state index in [9.17, 15) is 28.5 Å². The van der Waals surface area contributed by atoms with E-state index < -0.39 is 55.5 Å². The Balaban J connectivity index is 1.47. The topological polar surface area (TPSA) is 119 Å². The smallest absolute Gasteiger partial charge is 0.387 e. The number of ether oxygens (including phenoxy) is 1. The number of aliphatic imine (C=N–C) groups is 1. The van der Waals surface area contributed by atoms with Crippen LogP contribution in [0.1, 0.15) is 11.7 Å². The summed E-state index contributed by atoms with van der Waals surface area (Å²) < 4.78 is 42.8. The maximum atomic E-state index is 12.3. The van der Waals surface area contributed by atoms with Crippen LogP contribution in [0.4, 0.5) is 13.2 Å². The number of nitrogens with zero attached hydrogens (tertiary/aromatic N) is 3. The van der Waals surface area contributed by atoms with Gasteiger partial charge in [-0.2, -0.15) is 13.2 Å². The summed E-state index contributed by atoms with van der Waals surface area (Å²) in [4.78, 5) is 9.79. The number of benzene rings is 1. The first-order valence-electron chi connectivity index (χ1n) is 9.72. The number of amidine groups is 1. The van der Waals surface area contributed by atoms with Gasteiger partial charge in [-0.25, -0.2) is 4.99 Å². The van der Waals surface area contributed by atoms with Crippen molar-refractivity contribution in [3.8, 4) is 0 Å². The largest absolute Gasteiger partial charge is 0.425 e. The molecule has 4 rings (SSSR count). The summed E-state index contributed by atoms with van der Waals surface area (Å²) >= 11 is 11.9. The van der Waals surface area contributed by atoms with Gasteiger partial charge in [0.2, 0.25) is 6.61 Å². The summed E-state index contributed by atoms with van der Waals surface area (Å²) in [5, 5.41) is 38.8. The highest BCUT2D eigenvalue weighted by atomic mass is 35.5. The number of aliphatic hydroxyl groups is 3. The first-order valence-corrected chi connectivity index (χ1v) is 10.5. The Kier molecular flexibility index (Phi) is 6.76. The summed E-state index contributed by atoms with van der Waals surface area (Å²) in [7, 11) is 0. The lowest BCUT2D eigenvalue weighted by Gasteiger charge is -2.36. The van der Waals surface area contributed by atoms with E-state index in [0.717, 1.165) is 0 Å². The lowest BCUT2D eigenvalue weighted by Crippen LogP contribution is -2.54. The zero-order valence-corrected chi connectivity index (χ0v) is 18.1. The Bertz CT molecular complexity index is 979. The van der Waals surface area contributed by atoms with Crippen molar-refractivity contribution in [3.05, 3.63) is 46.1 Å². The Morgan fingerprint density at radius 1 is 1.24 bits per heavy atom. The van der Waals surface area contributed by atoms with Gasteiger partial charge >= 0.3 is 6.18 Å². The van der Waals surface area contributed by atoms with Gasteiger partial charge in [-0.05, 0) is 17.7 Å². The maximum Gasteiger partial charge on any atom is 0.425 e. The zero-order chi connectivity index (χ0) is 23.9. The lowest BCUT2D eigenvalue weighted by atomic mass is 9.99. The maximum absolute atomic E-state index is 12.3. The molecule has 7 atom stereocenters. The van der Waals surface area contributed by atoms with Crippen LogP contribution in [0, 0.1) is 5.92 Å². The van der Waals surface area contributed by atoms with Gasteiger partial charge in [-0.15, -0.1) is 0 Å². The van der Waals surface area contributed by atoms with Gasteiger partial charge in [-0.3, -0.25) is 0 Å². The zero-order valence-electron chi connectivity index (χ0n) is 16.6. The molecule has 9 nitrogen and oxygen atoms in total. The van der Waals surface area contributed by atoms with E-state index in [1.807, 2.05) is 0 Å². The van der Waals surface area contributed by atoms with Crippen molar-refractivity contribution in [1.29, 1.82) is 0 Å². The molecule has 1 fully saturated rings. The van der Waals surface area contributed by atoms with Crippen LogP contribution in [0.25, 0.3) is 0 Å². The van der Waals surface area contributed by atoms with Crippen LogP contribution in [-0.4, -0.2) is 75.9 Å². The lowest BCUT2D eigenvalue weighted by molar-refractivity contribution is -0.173. The highest BCUT2D eigenvalue weighted by Crippen LogP contribution is 2.37. The molecule has 0 amide bonds. The van der Waals surface area contributed by atoms with E-state index in [1.54, 1.807) is 6.08 Å². The van der Waals surface area contributed by atoms with E-state index in [-0.39, 0.29) is 15.9 Å². The molecule has 0 aromatic heterocycles. The number of fused-ring (bicyclic) bond motifs is 1. The molecule has 1 aromatic rings. The second-order valence-corrected chi connectivity index (χ2v) is 8.43. The second-order valence-electron chi connectivity index (χ2n) is 7.61. The Morgan fingerprint density at radius 2 is 2.00 bits per heavy atom. The van der Waals surface area contributed by atoms with Crippen molar-refractivity contribution in [2.45, 2.75) is 43.0 Å². The molecule has 0 aliphatic carbocycles. The molecule has 0 saturated carbocycles. The third kappa shape index (κ3) is 4.91. The average molecular weight is 511 g/mol. The fourth-order valence-electron chi connectivity index (χ4n) is 3.84. The number of hydrogen-bond acceptors (Lipinski definition) is 8. The van der Waals surface area contributed by atoms with Gasteiger partial charge < -0.3 is 35.1 Å². The van der Waals surface area contributed by atoms with Crippen LogP contribution in [0.5, 0.6) is 0 Å². The van der Waals surface area contributed by atoms with Crippen molar-refractivity contribution in [2.24, 2.45) is 16.1 Å². The van der Waals surface area contributed by atoms with Gasteiger partial charge in [0, 0.05) is 6.20 Å². The number of alkyl halides is 3. The highest BCUT2D eigenvalue weighted by Gasteiger charge is 2.51. The number of rotatable bonds is 5. The van der Waals surface area contributed by atoms with Gasteiger partial charge in [0.1, 0.15) is 30.6 Å². The molecule has 0 spiro atoms. The predicted molar refractivity (Wildman–Crippen MR) is 111 cm³/mol. The van der Waals surface area contributed by atoms with E-state index in [2.05, 4.69) is 20.3 Å². The summed E-state index contributed by atoms with van der Waals surface area (Å²) in [6.45, 7) is -1.56. The molecule has 0 bridgehead atoms. The van der Waals surface area contributed by atoms with E-state index in [1.165, 1.54) is 35.6 Å². The molecule has 180 valence electrons. The standard InChI is InChI=1S/C19H19Cl2F3N4O5/c20-10-2-1-8(5-11(10)21)12(29)15-13(30)14(31)18(33-15)28-4-3-9-16(25-7-26-17(9)28)27-32-6-19(22,23)24/h1-5,7,9,12-15,17-18,29-31H,6H2,(H,25,26,27)/t9?,12-,13+,14-,15-,17?,18-/m1/s1. The van der Waals surface area contributed by atoms with Crippen molar-refractivity contribution >= 4 is 35.4 Å². The first-order chi connectivity index (χ1) is 15.6. The first kappa shape index (κ1) is 24.0. The molecule has 0 radical (unpaired) electrons. The molecule has 1 saturated heterocycles. The predicted octanol–water partition coefficient (Wildman–Crippen LogP) is 1.77. The van der Waals surface area contributed by atoms with Gasteiger partial charge in [0.25, 0.3) is 0 Å². The number of halogens is 5. The number of nitrogens with one attached hydrogen (secondary N) is 1. The summed E-state index contributed by atoms with van der Waals surface area (Å²) in [5.74, 6) is -0.627. The molecule has 3 aliphatic rings. The van der Waals surface area contributed by atoms with E-state index >= 15 is 0 Å². The van der Waals surface area contributed by atoms with Crippen molar-refractivity contribution in [1.82, 2.24) is 10.2 Å². The summed E-state index contributed by atoms with van der Waals surface area (Å²) in [5.41, 5.74) is 0.329. The van der Waals surface area contributed by atoms with Crippen molar-refractivity contribution < 1.29 is 38.1 Å². The quantitative estimate of drug-likeness (QED) is 0.445. The van der Waals surface area contributed by atoms with E-state index in [0.29, 0.717) is 5.56 Å². The van der Waals surface area contributed by atoms with Gasteiger partial charge in [-0.1, -0.05) is 40.5 Å². The fraction of sp³-hybridized carbons (Fsp3) is 0.474. The number of oxime groups is 1. The molecule has 1 aromatic carbocycles. The highest BCUT2D eigenvalue weighted by molar-refractivity contribution is 6.42. The third-order valence-electron chi connectivity index (χ3n) is 5.42. The average Bonchev–Trinajstić information content (AvgIpc) is 3.31. The van der Waals surface area contributed by atoms with Crippen LogP contribution in [0.2, 0.25) is 10.0 Å². The Labute approximate surface area is 195 Å². The number of hydrogen-bond donors (Lipinski definition) is 4. The summed E-state index contributed by atoms with van der Waals surface area (Å²) in [6, 6.07) is 4.43. The molecular weight excluding hydrogens is 492 g/mol. The molecule has 4 N–H and O–H groups in total. The fourth-order valence-corrected chi connectivity index (χ4v) is 4.14. The van der Waals surface area contributed by atoms with Crippen molar-refractivity contribution in [2.75, 3.05) is 6.61 Å². The van der Waals surface area contributed by atoms with Crippen LogP contribution in [-0.2, 0) is 9.57 Å². The number of aliphatic hydroxyl groups excluding tert-OH is 3. The van der Waals surface area contributed by atoms with E-state index in [4.69, 9.17) is 27.9 Å². The molecule has 14 heteroatoms. The molecular formula is C19H19Cl2F3N4O5.